The lowest BCUT2D eigenvalue weighted by molar-refractivity contribution is -0.0661. The predicted octanol–water partition coefficient (Wildman–Crippen LogP) is 5.32. The van der Waals surface area contributed by atoms with E-state index >= 15 is 0 Å². The Balaban J connectivity index is 1.46. The maximum Gasteiger partial charge on any atom is 0.119 e. The second-order valence-corrected chi connectivity index (χ2v) is 9.60. The van der Waals surface area contributed by atoms with Crippen LogP contribution in [0, 0.1) is 17.3 Å². The Morgan fingerprint density at radius 2 is 2.04 bits per heavy atom. The van der Waals surface area contributed by atoms with Gasteiger partial charge in [-0.05, 0) is 97.8 Å². The summed E-state index contributed by atoms with van der Waals surface area (Å²) < 4.78 is 12.1. The highest BCUT2D eigenvalue weighted by Crippen LogP contribution is 2.61. The van der Waals surface area contributed by atoms with Gasteiger partial charge >= 0.3 is 0 Å². The number of fused-ring (bicyclic) bond motifs is 5. The number of benzene rings is 1. The number of ether oxygens (including phenoxy) is 2. The molecule has 3 aliphatic carbocycles. The van der Waals surface area contributed by atoms with E-state index in [1.165, 1.54) is 44.1 Å². The zero-order chi connectivity index (χ0) is 19.6. The van der Waals surface area contributed by atoms with Crippen LogP contribution >= 0.6 is 11.6 Å². The summed E-state index contributed by atoms with van der Waals surface area (Å²) in [5.41, 5.74) is 3.40. The van der Waals surface area contributed by atoms with Crippen molar-refractivity contribution in [2.24, 2.45) is 17.3 Å². The number of rotatable bonds is 8. The lowest BCUT2D eigenvalue weighted by atomic mass is 9.55. The van der Waals surface area contributed by atoms with E-state index in [0.717, 1.165) is 30.4 Å². The molecular weight excluding hydrogens is 372 g/mol. The van der Waals surface area contributed by atoms with E-state index in [-0.39, 0.29) is 6.61 Å². The standard InChI is InChI=1S/C24H35ClO3/c1-24-11-10-20-19-7-5-18(27-14-2-12-25)16-17(19)4-6-21(20)22(24)8-9-23(24)28-15-3-13-26/h5,7,16,20-23,26H,2-4,6,8-15H2,1H3/t20-,21-,22+,23+,24+/m1/s1. The largest absolute Gasteiger partial charge is 0.494 e. The lowest BCUT2D eigenvalue weighted by Gasteiger charge is -2.50. The van der Waals surface area contributed by atoms with Crippen molar-refractivity contribution in [2.45, 2.75) is 70.3 Å². The number of aliphatic hydroxyl groups is 1. The molecule has 4 rings (SSSR count). The van der Waals surface area contributed by atoms with Gasteiger partial charge in [-0.1, -0.05) is 13.0 Å². The average molecular weight is 407 g/mol. The quantitative estimate of drug-likeness (QED) is 0.469. The lowest BCUT2D eigenvalue weighted by Crippen LogP contribution is -2.44. The van der Waals surface area contributed by atoms with Crippen LogP contribution in [0.2, 0.25) is 0 Å². The molecule has 1 N–H and O–H groups in total. The fourth-order valence-electron chi connectivity index (χ4n) is 6.41. The minimum Gasteiger partial charge on any atom is -0.494 e. The zero-order valence-electron chi connectivity index (χ0n) is 17.2. The summed E-state index contributed by atoms with van der Waals surface area (Å²) in [5, 5.41) is 9.07. The third kappa shape index (κ3) is 3.82. The zero-order valence-corrected chi connectivity index (χ0v) is 17.9. The first kappa shape index (κ1) is 20.5. The molecule has 0 spiro atoms. The molecule has 1 aromatic rings. The van der Waals surface area contributed by atoms with Gasteiger partial charge in [0.05, 0.1) is 12.7 Å². The number of aryl methyl sites for hydroxylation is 1. The van der Waals surface area contributed by atoms with Crippen molar-refractivity contribution in [3.63, 3.8) is 0 Å². The summed E-state index contributed by atoms with van der Waals surface area (Å²) in [7, 11) is 0. The van der Waals surface area contributed by atoms with E-state index in [9.17, 15) is 0 Å². The van der Waals surface area contributed by atoms with Gasteiger partial charge in [-0.15, -0.1) is 11.6 Å². The average Bonchev–Trinajstić information content (AvgIpc) is 3.04. The first-order valence-electron chi connectivity index (χ1n) is 11.2. The van der Waals surface area contributed by atoms with Gasteiger partial charge in [0.2, 0.25) is 0 Å². The van der Waals surface area contributed by atoms with Crippen LogP contribution in [0.5, 0.6) is 5.75 Å². The van der Waals surface area contributed by atoms with Crippen LogP contribution in [-0.4, -0.2) is 36.9 Å². The molecule has 28 heavy (non-hydrogen) atoms. The summed E-state index contributed by atoms with van der Waals surface area (Å²) in [5.74, 6) is 3.93. The Hall–Kier alpha value is -0.770. The van der Waals surface area contributed by atoms with Crippen LogP contribution < -0.4 is 4.74 Å². The third-order valence-corrected chi connectivity index (χ3v) is 8.05. The monoisotopic (exact) mass is 406 g/mol. The van der Waals surface area contributed by atoms with E-state index in [4.69, 9.17) is 26.2 Å². The van der Waals surface area contributed by atoms with Crippen LogP contribution in [-0.2, 0) is 11.2 Å². The number of halogens is 1. The first-order chi connectivity index (χ1) is 13.7. The minimum atomic E-state index is 0.228. The Kier molecular flexibility index (Phi) is 6.54. The molecule has 0 saturated heterocycles. The van der Waals surface area contributed by atoms with Crippen molar-refractivity contribution in [1.82, 2.24) is 0 Å². The van der Waals surface area contributed by atoms with Gasteiger partial charge in [-0.2, -0.15) is 0 Å². The molecule has 5 atom stereocenters. The van der Waals surface area contributed by atoms with E-state index in [1.54, 1.807) is 5.56 Å². The fourth-order valence-corrected chi connectivity index (χ4v) is 6.52. The van der Waals surface area contributed by atoms with E-state index < -0.39 is 0 Å². The highest BCUT2D eigenvalue weighted by molar-refractivity contribution is 6.17. The predicted molar refractivity (Wildman–Crippen MR) is 113 cm³/mol. The topological polar surface area (TPSA) is 38.7 Å². The van der Waals surface area contributed by atoms with Crippen molar-refractivity contribution >= 4 is 11.6 Å². The normalized spacial score (nSPS) is 33.8. The molecule has 0 aliphatic heterocycles. The second kappa shape index (κ2) is 8.93. The van der Waals surface area contributed by atoms with Gasteiger partial charge in [0.25, 0.3) is 0 Å². The second-order valence-electron chi connectivity index (χ2n) is 9.23. The Morgan fingerprint density at radius 1 is 1.14 bits per heavy atom. The maximum atomic E-state index is 9.07. The number of alkyl halides is 1. The Labute approximate surface area is 174 Å². The highest BCUT2D eigenvalue weighted by atomic mass is 35.5. The molecular formula is C24H35ClO3. The van der Waals surface area contributed by atoms with E-state index in [2.05, 4.69) is 25.1 Å². The Morgan fingerprint density at radius 3 is 2.86 bits per heavy atom. The van der Waals surface area contributed by atoms with Crippen molar-refractivity contribution in [3.8, 4) is 5.75 Å². The molecule has 0 amide bonds. The molecule has 2 fully saturated rings. The van der Waals surface area contributed by atoms with Crippen LogP contribution in [0.25, 0.3) is 0 Å². The molecule has 3 nitrogen and oxygen atoms in total. The van der Waals surface area contributed by atoms with Gasteiger partial charge in [0.15, 0.2) is 0 Å². The smallest absolute Gasteiger partial charge is 0.119 e. The summed E-state index contributed by atoms with van der Waals surface area (Å²) >= 11 is 5.76. The van der Waals surface area contributed by atoms with Crippen molar-refractivity contribution < 1.29 is 14.6 Å². The van der Waals surface area contributed by atoms with Crippen molar-refractivity contribution in [1.29, 1.82) is 0 Å². The van der Waals surface area contributed by atoms with E-state index in [0.29, 0.717) is 36.5 Å². The first-order valence-corrected chi connectivity index (χ1v) is 11.7. The molecule has 156 valence electrons. The molecule has 0 unspecified atom stereocenters. The maximum absolute atomic E-state index is 9.07. The van der Waals surface area contributed by atoms with Gasteiger partial charge < -0.3 is 14.6 Å². The van der Waals surface area contributed by atoms with Crippen LogP contribution in [0.4, 0.5) is 0 Å². The Bertz CT molecular complexity index is 663. The summed E-state index contributed by atoms with van der Waals surface area (Å²) in [6.07, 6.45) is 9.53. The molecule has 0 bridgehead atoms. The number of hydrogen-bond acceptors (Lipinski definition) is 3. The van der Waals surface area contributed by atoms with Gasteiger partial charge in [0, 0.05) is 19.1 Å². The van der Waals surface area contributed by atoms with Gasteiger partial charge in [-0.3, -0.25) is 0 Å². The summed E-state index contributed by atoms with van der Waals surface area (Å²) in [6, 6.07) is 6.79. The summed E-state index contributed by atoms with van der Waals surface area (Å²) in [4.78, 5) is 0. The molecule has 2 saturated carbocycles. The molecule has 4 heteroatoms. The van der Waals surface area contributed by atoms with Gasteiger partial charge in [0.1, 0.15) is 5.75 Å². The van der Waals surface area contributed by atoms with Crippen molar-refractivity contribution in [3.05, 3.63) is 29.3 Å². The third-order valence-electron chi connectivity index (χ3n) is 7.78. The number of hydrogen-bond donors (Lipinski definition) is 1. The van der Waals surface area contributed by atoms with Crippen LogP contribution in [0.3, 0.4) is 0 Å². The molecule has 3 aliphatic rings. The van der Waals surface area contributed by atoms with Crippen LogP contribution in [0.15, 0.2) is 18.2 Å². The van der Waals surface area contributed by atoms with Crippen molar-refractivity contribution in [2.75, 3.05) is 25.7 Å². The molecule has 0 aromatic heterocycles. The molecule has 1 aromatic carbocycles. The highest BCUT2D eigenvalue weighted by Gasteiger charge is 2.55. The number of aliphatic hydroxyl groups excluding tert-OH is 1. The van der Waals surface area contributed by atoms with Gasteiger partial charge in [-0.25, -0.2) is 0 Å². The van der Waals surface area contributed by atoms with E-state index in [1.807, 2.05) is 0 Å². The SMILES string of the molecule is C[C@]12CC[C@@H]3c4ccc(OCCCCl)cc4CC[C@H]3[C@@H]1CC[C@@H]2OCCCO. The molecule has 0 heterocycles. The minimum absolute atomic E-state index is 0.228. The van der Waals surface area contributed by atoms with Crippen LogP contribution in [0.1, 0.15) is 68.9 Å². The summed E-state index contributed by atoms with van der Waals surface area (Å²) in [6.45, 7) is 4.11. The molecule has 0 radical (unpaired) electrons. The fraction of sp³-hybridized carbons (Fsp3) is 0.750.